The standard InChI is InChI=1S/C36H64N8O4S2/c1-26(2)21-34(13,43-39-30(5,6)7)49-19-17-36(29(47)48,18-20-50-35(14,22-27(3)4)44-40-31(8,9)10)23-33(12,25-38)42-41-32(11,24-37)16-15-28(45)46/h26-27H,15-23H2,1-14H3,(H,45,46)(H,47,48). The van der Waals surface area contributed by atoms with E-state index in [0.29, 0.717) is 23.3 Å². The highest BCUT2D eigenvalue weighted by atomic mass is 32.2. The van der Waals surface area contributed by atoms with Crippen LogP contribution in [0.4, 0.5) is 0 Å². The molecular formula is C36H64N8O4S2. The van der Waals surface area contributed by atoms with Gasteiger partial charge in [0.05, 0.1) is 28.6 Å². The van der Waals surface area contributed by atoms with Gasteiger partial charge in [0.2, 0.25) is 0 Å². The van der Waals surface area contributed by atoms with Crippen LogP contribution in [0.5, 0.6) is 0 Å². The highest BCUT2D eigenvalue weighted by Gasteiger charge is 2.46. The molecule has 0 aromatic carbocycles. The van der Waals surface area contributed by atoms with Gasteiger partial charge < -0.3 is 10.2 Å². The van der Waals surface area contributed by atoms with Gasteiger partial charge in [-0.2, -0.15) is 41.2 Å². The minimum Gasteiger partial charge on any atom is -0.481 e. The van der Waals surface area contributed by atoms with Crippen LogP contribution in [0.3, 0.4) is 0 Å². The van der Waals surface area contributed by atoms with Crippen molar-refractivity contribution in [3.63, 3.8) is 0 Å². The number of hydrogen-bond acceptors (Lipinski definition) is 12. The van der Waals surface area contributed by atoms with E-state index in [0.717, 1.165) is 12.8 Å². The predicted octanol–water partition coefficient (Wildman–Crippen LogP) is 10.6. The molecular weight excluding hydrogens is 673 g/mol. The van der Waals surface area contributed by atoms with Gasteiger partial charge in [-0.15, -0.1) is 23.5 Å². The van der Waals surface area contributed by atoms with Crippen LogP contribution in [0.25, 0.3) is 0 Å². The second-order valence-electron chi connectivity index (χ2n) is 17.1. The van der Waals surface area contributed by atoms with Crippen molar-refractivity contribution in [2.24, 2.45) is 47.9 Å². The Bertz CT molecular complexity index is 1240. The Balaban J connectivity index is 6.84. The second kappa shape index (κ2) is 19.3. The number of aliphatic carboxylic acids is 2. The number of carboxylic acids is 2. The van der Waals surface area contributed by atoms with E-state index in [1.54, 1.807) is 23.5 Å². The molecule has 0 heterocycles. The molecule has 0 radical (unpaired) electrons. The first-order chi connectivity index (χ1) is 22.6. The molecule has 2 N–H and O–H groups in total. The van der Waals surface area contributed by atoms with E-state index < -0.39 is 38.2 Å². The average Bonchev–Trinajstić information content (AvgIpc) is 2.95. The normalized spacial score (nSPS) is 19.1. The van der Waals surface area contributed by atoms with Crippen molar-refractivity contribution >= 4 is 35.5 Å². The van der Waals surface area contributed by atoms with E-state index in [1.807, 2.05) is 61.5 Å². The van der Waals surface area contributed by atoms with Crippen LogP contribution >= 0.6 is 23.5 Å². The predicted molar refractivity (Wildman–Crippen MR) is 204 cm³/mol. The van der Waals surface area contributed by atoms with Gasteiger partial charge in [0, 0.05) is 12.8 Å². The van der Waals surface area contributed by atoms with Gasteiger partial charge in [-0.05, 0) is 125 Å². The van der Waals surface area contributed by atoms with Crippen LogP contribution in [-0.2, 0) is 9.59 Å². The third-order valence-electron chi connectivity index (χ3n) is 7.62. The zero-order valence-electron chi connectivity index (χ0n) is 33.1. The van der Waals surface area contributed by atoms with E-state index in [-0.39, 0.29) is 43.2 Å². The average molecular weight is 737 g/mol. The lowest BCUT2D eigenvalue weighted by Gasteiger charge is -2.36. The van der Waals surface area contributed by atoms with Crippen LogP contribution < -0.4 is 0 Å². The fraction of sp³-hybridized carbons (Fsp3) is 0.889. The number of azo groups is 3. The van der Waals surface area contributed by atoms with Crippen molar-refractivity contribution in [1.29, 1.82) is 10.5 Å². The summed E-state index contributed by atoms with van der Waals surface area (Å²) in [5.41, 5.74) is -5.21. The number of nitriles is 2. The molecule has 0 fully saturated rings. The summed E-state index contributed by atoms with van der Waals surface area (Å²) in [6, 6.07) is 4.16. The molecule has 284 valence electrons. The number of carbonyl (C=O) groups is 2. The Morgan fingerprint density at radius 3 is 1.30 bits per heavy atom. The molecule has 0 aromatic rings. The van der Waals surface area contributed by atoms with Crippen LogP contribution in [0.1, 0.15) is 142 Å². The van der Waals surface area contributed by atoms with E-state index in [1.165, 1.54) is 13.8 Å². The maximum atomic E-state index is 13.4. The third-order valence-corrected chi connectivity index (χ3v) is 10.2. The highest BCUT2D eigenvalue weighted by molar-refractivity contribution is 8.00. The summed E-state index contributed by atoms with van der Waals surface area (Å²) in [6.45, 7) is 27.4. The van der Waals surface area contributed by atoms with Gasteiger partial charge in [-0.1, -0.05) is 27.7 Å². The first-order valence-electron chi connectivity index (χ1n) is 17.4. The fourth-order valence-electron chi connectivity index (χ4n) is 5.26. The Labute approximate surface area is 310 Å². The Hall–Kier alpha value is -2.58. The van der Waals surface area contributed by atoms with E-state index >= 15 is 0 Å². The minimum absolute atomic E-state index is 0.101. The molecule has 50 heavy (non-hydrogen) atoms. The molecule has 0 spiro atoms. The highest BCUT2D eigenvalue weighted by Crippen LogP contribution is 2.45. The summed E-state index contributed by atoms with van der Waals surface area (Å²) in [5, 5.41) is 67.3. The van der Waals surface area contributed by atoms with Gasteiger partial charge in [-0.3, -0.25) is 9.59 Å². The SMILES string of the molecule is CC(C)CC(C)(N=NC(C)(C)C)SCCC(CCSC(C)(CC(C)C)N=NC(C)(C)C)(CC(C)(C#N)N=NC(C)(C#N)CCC(=O)O)C(=O)O. The van der Waals surface area contributed by atoms with E-state index in [9.17, 15) is 25.2 Å². The number of rotatable bonds is 22. The minimum atomic E-state index is -1.60. The Kier molecular flexibility index (Phi) is 18.3. The second-order valence-corrected chi connectivity index (χ2v) is 20.3. The van der Waals surface area contributed by atoms with Gasteiger partial charge >= 0.3 is 11.9 Å². The molecule has 0 bridgehead atoms. The Morgan fingerprint density at radius 2 is 1.00 bits per heavy atom. The van der Waals surface area contributed by atoms with E-state index in [2.05, 4.69) is 54.2 Å². The summed E-state index contributed by atoms with van der Waals surface area (Å²) in [4.78, 5) is 23.5. The van der Waals surface area contributed by atoms with Crippen LogP contribution in [0.2, 0.25) is 0 Å². The molecule has 0 aliphatic heterocycles. The molecule has 0 saturated carbocycles. The first-order valence-corrected chi connectivity index (χ1v) is 19.4. The molecule has 0 aromatic heterocycles. The van der Waals surface area contributed by atoms with Gasteiger partial charge in [-0.25, -0.2) is 0 Å². The molecule has 14 heteroatoms. The lowest BCUT2D eigenvalue weighted by molar-refractivity contribution is -0.150. The number of thioether (sulfide) groups is 2. The molecule has 0 rings (SSSR count). The zero-order chi connectivity index (χ0) is 39.2. The van der Waals surface area contributed by atoms with Crippen molar-refractivity contribution in [3.8, 4) is 12.1 Å². The molecule has 0 amide bonds. The molecule has 0 saturated heterocycles. The summed E-state index contributed by atoms with van der Waals surface area (Å²) in [6.07, 6.45) is 1.36. The number of hydrogen-bond donors (Lipinski definition) is 2. The molecule has 4 unspecified atom stereocenters. The van der Waals surface area contributed by atoms with Crippen LogP contribution in [0.15, 0.2) is 30.7 Å². The number of carboxylic acid groups (broad SMARTS) is 2. The van der Waals surface area contributed by atoms with Crippen molar-refractivity contribution < 1.29 is 19.8 Å². The topological polar surface area (TPSA) is 196 Å². The smallest absolute Gasteiger partial charge is 0.309 e. The molecule has 0 aliphatic rings. The number of nitrogens with zero attached hydrogens (tertiary/aromatic N) is 8. The largest absolute Gasteiger partial charge is 0.481 e. The van der Waals surface area contributed by atoms with Gasteiger partial charge in [0.25, 0.3) is 0 Å². The quantitative estimate of drug-likeness (QED) is 0.102. The van der Waals surface area contributed by atoms with E-state index in [4.69, 9.17) is 15.3 Å². The summed E-state index contributed by atoms with van der Waals surface area (Å²) in [5.74, 6) is -0.611. The molecule has 0 aliphatic carbocycles. The maximum Gasteiger partial charge on any atom is 0.309 e. The zero-order valence-corrected chi connectivity index (χ0v) is 34.8. The summed E-state index contributed by atoms with van der Waals surface area (Å²) >= 11 is 3.12. The van der Waals surface area contributed by atoms with Crippen molar-refractivity contribution in [2.75, 3.05) is 11.5 Å². The summed E-state index contributed by atoms with van der Waals surface area (Å²) < 4.78 is 0. The van der Waals surface area contributed by atoms with Crippen molar-refractivity contribution in [3.05, 3.63) is 0 Å². The van der Waals surface area contributed by atoms with Crippen molar-refractivity contribution in [2.45, 2.75) is 174 Å². The molecule has 4 atom stereocenters. The monoisotopic (exact) mass is 736 g/mol. The lowest BCUT2D eigenvalue weighted by Crippen LogP contribution is -2.40. The lowest BCUT2D eigenvalue weighted by atomic mass is 9.73. The fourth-order valence-corrected chi connectivity index (χ4v) is 8.23. The Morgan fingerprint density at radius 1 is 0.620 bits per heavy atom. The first kappa shape index (κ1) is 47.4. The van der Waals surface area contributed by atoms with Crippen molar-refractivity contribution in [1.82, 2.24) is 0 Å². The summed E-state index contributed by atoms with van der Waals surface area (Å²) in [7, 11) is 0. The van der Waals surface area contributed by atoms with Crippen LogP contribution in [-0.4, -0.2) is 65.6 Å². The molecule has 12 nitrogen and oxygen atoms in total. The van der Waals surface area contributed by atoms with Gasteiger partial charge in [0.1, 0.15) is 9.74 Å². The maximum absolute atomic E-state index is 13.4. The third kappa shape index (κ3) is 19.1. The van der Waals surface area contributed by atoms with Crippen LogP contribution in [0, 0.1) is 39.9 Å². The van der Waals surface area contributed by atoms with Gasteiger partial charge in [0.15, 0.2) is 11.1 Å².